The van der Waals surface area contributed by atoms with Crippen LogP contribution in [0.15, 0.2) is 71.1 Å². The Labute approximate surface area is 181 Å². The van der Waals surface area contributed by atoms with Crippen molar-refractivity contribution < 1.29 is 23.6 Å². The Morgan fingerprint density at radius 1 is 0.774 bits per heavy atom. The predicted octanol–water partition coefficient (Wildman–Crippen LogP) is 4.00. The zero-order chi connectivity index (χ0) is 21.8. The molecule has 0 aliphatic rings. The summed E-state index contributed by atoms with van der Waals surface area (Å²) in [5.41, 5.74) is 3.86. The quantitative estimate of drug-likeness (QED) is 0.516. The summed E-state index contributed by atoms with van der Waals surface area (Å²) in [6.45, 7) is 2.14. The summed E-state index contributed by atoms with van der Waals surface area (Å²) < 4.78 is 22.4. The van der Waals surface area contributed by atoms with Gasteiger partial charge in [-0.1, -0.05) is 13.0 Å². The van der Waals surface area contributed by atoms with Crippen LogP contribution in [0.25, 0.3) is 22.3 Å². The molecule has 31 heavy (non-hydrogen) atoms. The van der Waals surface area contributed by atoms with Crippen LogP contribution in [-0.4, -0.2) is 21.3 Å². The molecule has 0 aliphatic heterocycles. The van der Waals surface area contributed by atoms with Gasteiger partial charge < -0.3 is 18.6 Å². The van der Waals surface area contributed by atoms with Crippen LogP contribution in [0, 0.1) is 0 Å². The lowest BCUT2D eigenvalue weighted by atomic mass is 10.1. The number of hydrogen-bond donors (Lipinski definition) is 1. The summed E-state index contributed by atoms with van der Waals surface area (Å²) in [5, 5.41) is 1.94. The largest absolute Gasteiger partial charge is 0.497 e. The Morgan fingerprint density at radius 3 is 2.19 bits per heavy atom. The molecule has 0 amide bonds. The first-order valence-electron chi connectivity index (χ1n) is 10.2. The second-order valence-electron chi connectivity index (χ2n) is 7.13. The van der Waals surface area contributed by atoms with Gasteiger partial charge in [-0.05, 0) is 54.4 Å². The predicted molar refractivity (Wildman–Crippen MR) is 121 cm³/mol. The smallest absolute Gasteiger partial charge is 0.246 e. The number of aryl methyl sites for hydroxylation is 1. The van der Waals surface area contributed by atoms with E-state index in [0.29, 0.717) is 5.75 Å². The highest BCUT2D eigenvalue weighted by Gasteiger charge is 2.13. The average molecular weight is 416 g/mol. The minimum absolute atomic E-state index is 0.700. The first-order valence-corrected chi connectivity index (χ1v) is 10.2. The molecule has 4 rings (SSSR count). The Hall–Kier alpha value is -3.73. The van der Waals surface area contributed by atoms with Gasteiger partial charge in [0.1, 0.15) is 22.8 Å². The molecule has 5 heteroatoms. The van der Waals surface area contributed by atoms with Crippen LogP contribution >= 0.6 is 0 Å². The Kier molecular flexibility index (Phi) is 5.94. The van der Waals surface area contributed by atoms with Crippen molar-refractivity contribution in [2.75, 3.05) is 21.3 Å². The van der Waals surface area contributed by atoms with E-state index in [4.69, 9.17) is 18.6 Å². The SMILES string of the molecule is CCc1ccc2oc(-c3ccc(OC)cc3)cc(=[NH+]c3ccc(OC)cc3OC)c2c1. The van der Waals surface area contributed by atoms with Gasteiger partial charge in [-0.25, -0.2) is 4.99 Å². The van der Waals surface area contributed by atoms with E-state index in [0.717, 1.165) is 51.3 Å². The molecular formula is C26H26NO4+. The van der Waals surface area contributed by atoms with E-state index in [1.807, 2.05) is 54.6 Å². The summed E-state index contributed by atoms with van der Waals surface area (Å²) in [6, 6.07) is 21.8. The standard InChI is InChI=1S/C26H25NO4/c1-5-17-6-13-24-21(14-17)23(27-22-12-11-20(29-3)15-26(22)30-4)16-25(31-24)18-7-9-19(28-2)10-8-18/h6-16H,5H2,1-4H3/p+1. The molecular weight excluding hydrogens is 390 g/mol. The van der Waals surface area contributed by atoms with Gasteiger partial charge in [0.25, 0.3) is 0 Å². The molecule has 3 aromatic carbocycles. The highest BCUT2D eigenvalue weighted by atomic mass is 16.5. The van der Waals surface area contributed by atoms with Gasteiger partial charge in [-0.15, -0.1) is 0 Å². The van der Waals surface area contributed by atoms with Crippen molar-refractivity contribution in [2.45, 2.75) is 13.3 Å². The maximum Gasteiger partial charge on any atom is 0.246 e. The van der Waals surface area contributed by atoms with Crippen LogP contribution in [0.3, 0.4) is 0 Å². The van der Waals surface area contributed by atoms with E-state index >= 15 is 0 Å². The Bertz CT molecular complexity index is 1270. The monoisotopic (exact) mass is 416 g/mol. The van der Waals surface area contributed by atoms with Gasteiger partial charge in [0.15, 0.2) is 5.75 Å². The van der Waals surface area contributed by atoms with E-state index in [-0.39, 0.29) is 0 Å². The molecule has 158 valence electrons. The Morgan fingerprint density at radius 2 is 1.52 bits per heavy atom. The number of fused-ring (bicyclic) bond motifs is 1. The van der Waals surface area contributed by atoms with Crippen LogP contribution in [0.1, 0.15) is 12.5 Å². The van der Waals surface area contributed by atoms with Gasteiger partial charge in [0, 0.05) is 17.7 Å². The van der Waals surface area contributed by atoms with Crippen molar-refractivity contribution in [2.24, 2.45) is 0 Å². The van der Waals surface area contributed by atoms with Crippen molar-refractivity contribution >= 4 is 16.7 Å². The molecule has 0 unspecified atom stereocenters. The van der Waals surface area contributed by atoms with Crippen molar-refractivity contribution in [3.05, 3.63) is 77.7 Å². The lowest BCUT2D eigenvalue weighted by Crippen LogP contribution is -2.70. The minimum Gasteiger partial charge on any atom is -0.497 e. The first kappa shape index (κ1) is 20.5. The number of hydrogen-bond acceptors (Lipinski definition) is 4. The fourth-order valence-electron chi connectivity index (χ4n) is 3.50. The number of benzene rings is 3. The van der Waals surface area contributed by atoms with Crippen molar-refractivity contribution in [1.29, 1.82) is 0 Å². The van der Waals surface area contributed by atoms with Crippen LogP contribution in [0.2, 0.25) is 0 Å². The van der Waals surface area contributed by atoms with E-state index in [9.17, 15) is 0 Å². The lowest BCUT2D eigenvalue weighted by molar-refractivity contribution is -0.401. The van der Waals surface area contributed by atoms with Gasteiger partial charge in [-0.3, -0.25) is 0 Å². The maximum absolute atomic E-state index is 6.26. The summed E-state index contributed by atoms with van der Waals surface area (Å²) >= 11 is 0. The molecule has 1 aromatic heterocycles. The lowest BCUT2D eigenvalue weighted by Gasteiger charge is -2.06. The van der Waals surface area contributed by atoms with Crippen LogP contribution in [0.5, 0.6) is 17.2 Å². The molecule has 1 N–H and O–H groups in total. The number of nitrogens with one attached hydrogen (secondary N) is 1. The highest BCUT2D eigenvalue weighted by Crippen LogP contribution is 2.26. The highest BCUT2D eigenvalue weighted by molar-refractivity contribution is 5.79. The molecule has 5 nitrogen and oxygen atoms in total. The third-order valence-electron chi connectivity index (χ3n) is 5.29. The van der Waals surface area contributed by atoms with Crippen LogP contribution in [-0.2, 0) is 6.42 Å². The summed E-state index contributed by atoms with van der Waals surface area (Å²) in [4.78, 5) is 3.54. The second-order valence-corrected chi connectivity index (χ2v) is 7.13. The van der Waals surface area contributed by atoms with E-state index in [2.05, 4.69) is 24.0 Å². The van der Waals surface area contributed by atoms with Crippen LogP contribution in [0.4, 0.5) is 5.69 Å². The molecule has 0 fully saturated rings. The van der Waals surface area contributed by atoms with Gasteiger partial charge in [0.05, 0.1) is 32.8 Å². The molecule has 0 bridgehead atoms. The molecule has 0 atom stereocenters. The van der Waals surface area contributed by atoms with E-state index in [1.165, 1.54) is 5.56 Å². The molecule has 1 heterocycles. The molecule has 0 radical (unpaired) electrons. The van der Waals surface area contributed by atoms with Gasteiger partial charge in [-0.2, -0.15) is 0 Å². The number of methoxy groups -OCH3 is 3. The van der Waals surface area contributed by atoms with E-state index < -0.39 is 0 Å². The number of rotatable bonds is 6. The zero-order valence-electron chi connectivity index (χ0n) is 18.2. The minimum atomic E-state index is 0.700. The van der Waals surface area contributed by atoms with Crippen molar-refractivity contribution in [3.63, 3.8) is 0 Å². The summed E-state index contributed by atoms with van der Waals surface area (Å²) in [6.07, 6.45) is 0.946. The number of ether oxygens (including phenoxy) is 3. The van der Waals surface area contributed by atoms with Gasteiger partial charge >= 0.3 is 0 Å². The first-order chi connectivity index (χ1) is 15.1. The van der Waals surface area contributed by atoms with E-state index in [1.54, 1.807) is 21.3 Å². The Balaban J connectivity index is 1.96. The van der Waals surface area contributed by atoms with Crippen molar-refractivity contribution in [1.82, 2.24) is 0 Å². The average Bonchev–Trinajstić information content (AvgIpc) is 2.83. The maximum atomic E-state index is 6.26. The second kappa shape index (κ2) is 8.96. The fraction of sp³-hybridized carbons (Fsp3) is 0.192. The molecule has 0 saturated carbocycles. The molecule has 0 spiro atoms. The normalized spacial score (nSPS) is 11.5. The van der Waals surface area contributed by atoms with Crippen LogP contribution < -0.4 is 24.6 Å². The summed E-state index contributed by atoms with van der Waals surface area (Å²) in [7, 11) is 4.95. The summed E-state index contributed by atoms with van der Waals surface area (Å²) in [5.74, 6) is 3.00. The fourth-order valence-corrected chi connectivity index (χ4v) is 3.50. The topological polar surface area (TPSA) is 54.8 Å². The molecule has 4 aromatic rings. The zero-order valence-corrected chi connectivity index (χ0v) is 18.2. The van der Waals surface area contributed by atoms with Gasteiger partial charge in [0.2, 0.25) is 11.0 Å². The van der Waals surface area contributed by atoms with Crippen molar-refractivity contribution in [3.8, 4) is 28.6 Å². The molecule has 0 aliphatic carbocycles. The third-order valence-corrected chi connectivity index (χ3v) is 5.29. The molecule has 0 saturated heterocycles. The third kappa shape index (κ3) is 4.26.